The molecule has 1 amide bonds. The highest BCUT2D eigenvalue weighted by Crippen LogP contribution is 2.40. The third kappa shape index (κ3) is 3.51. The largest absolute Gasteiger partial charge is 0.349 e. The van der Waals surface area contributed by atoms with Crippen molar-refractivity contribution in [3.05, 3.63) is 60.4 Å². The molecule has 2 heterocycles. The van der Waals surface area contributed by atoms with Crippen LogP contribution in [0.3, 0.4) is 0 Å². The zero-order valence-corrected chi connectivity index (χ0v) is 16.4. The molecule has 0 radical (unpaired) electrons. The maximum Gasteiger partial charge on any atom is 0.252 e. The molecule has 2 atom stereocenters. The molecule has 5 heteroatoms. The molecule has 3 aromatic rings. The molecule has 148 valence electrons. The number of pyridine rings is 2. The van der Waals surface area contributed by atoms with Crippen LogP contribution in [0.2, 0.25) is 0 Å². The summed E-state index contributed by atoms with van der Waals surface area (Å²) in [5.41, 5.74) is 9.54. The lowest BCUT2D eigenvalue weighted by molar-refractivity contribution is 0.0757. The number of nitrogens with one attached hydrogen (secondary N) is 1. The normalized spacial score (nSPS) is 26.2. The number of para-hydroxylation sites is 1. The highest BCUT2D eigenvalue weighted by molar-refractivity contribution is 6.07. The summed E-state index contributed by atoms with van der Waals surface area (Å²) < 4.78 is 0. The lowest BCUT2D eigenvalue weighted by atomic mass is 9.67. The van der Waals surface area contributed by atoms with Crippen LogP contribution < -0.4 is 11.1 Å². The predicted octanol–water partition coefficient (Wildman–Crippen LogP) is 3.93. The van der Waals surface area contributed by atoms with Crippen LogP contribution in [0.5, 0.6) is 0 Å². The molecular weight excluding hydrogens is 360 g/mol. The maximum atomic E-state index is 13.4. The van der Waals surface area contributed by atoms with E-state index >= 15 is 0 Å². The number of hydrogen-bond donors (Lipinski definition) is 2. The molecule has 0 saturated heterocycles. The van der Waals surface area contributed by atoms with Crippen molar-refractivity contribution < 1.29 is 4.79 Å². The Bertz CT molecular complexity index is 1020. The number of rotatable bonds is 3. The van der Waals surface area contributed by atoms with E-state index in [0.29, 0.717) is 17.4 Å². The summed E-state index contributed by atoms with van der Waals surface area (Å²) in [6, 6.07) is 14.1. The first-order valence-electron chi connectivity index (χ1n) is 10.6. The van der Waals surface area contributed by atoms with Crippen LogP contribution in [-0.4, -0.2) is 28.0 Å². The third-order valence-corrected chi connectivity index (χ3v) is 6.61. The van der Waals surface area contributed by atoms with Gasteiger partial charge >= 0.3 is 0 Å². The van der Waals surface area contributed by atoms with E-state index in [9.17, 15) is 4.79 Å². The first-order valence-corrected chi connectivity index (χ1v) is 10.6. The maximum absolute atomic E-state index is 13.4. The van der Waals surface area contributed by atoms with Gasteiger partial charge in [-0.1, -0.05) is 24.6 Å². The van der Waals surface area contributed by atoms with Gasteiger partial charge in [0, 0.05) is 35.4 Å². The predicted molar refractivity (Wildman–Crippen MR) is 114 cm³/mol. The topological polar surface area (TPSA) is 80.9 Å². The van der Waals surface area contributed by atoms with Gasteiger partial charge < -0.3 is 11.1 Å². The Labute approximate surface area is 170 Å². The zero-order chi connectivity index (χ0) is 19.8. The first-order chi connectivity index (χ1) is 14.2. The van der Waals surface area contributed by atoms with Crippen molar-refractivity contribution >= 4 is 16.8 Å². The molecular formula is C24H26N4O. The van der Waals surface area contributed by atoms with Gasteiger partial charge in [-0.2, -0.15) is 0 Å². The molecule has 2 aliphatic carbocycles. The van der Waals surface area contributed by atoms with E-state index in [-0.39, 0.29) is 18.0 Å². The van der Waals surface area contributed by atoms with Crippen molar-refractivity contribution in [2.75, 3.05) is 0 Å². The summed E-state index contributed by atoms with van der Waals surface area (Å²) in [7, 11) is 0. The Balaban J connectivity index is 1.51. The number of carbonyl (C=O) groups excluding carboxylic acids is 1. The van der Waals surface area contributed by atoms with Crippen molar-refractivity contribution in [1.82, 2.24) is 15.3 Å². The average Bonchev–Trinajstić information content (AvgIpc) is 2.74. The van der Waals surface area contributed by atoms with E-state index in [2.05, 4.69) is 10.3 Å². The van der Waals surface area contributed by atoms with E-state index in [0.717, 1.165) is 47.8 Å². The highest BCUT2D eigenvalue weighted by Gasteiger charge is 2.40. The number of carbonyl (C=O) groups is 1. The summed E-state index contributed by atoms with van der Waals surface area (Å²) >= 11 is 0. The number of amides is 1. The fourth-order valence-electron chi connectivity index (χ4n) is 5.29. The Morgan fingerprint density at radius 3 is 2.52 bits per heavy atom. The van der Waals surface area contributed by atoms with Crippen LogP contribution in [0, 0.1) is 11.8 Å². The minimum atomic E-state index is -0.00345. The molecule has 0 aliphatic heterocycles. The van der Waals surface area contributed by atoms with Crippen LogP contribution in [0.1, 0.15) is 42.5 Å². The molecule has 2 saturated carbocycles. The molecule has 2 aromatic heterocycles. The van der Waals surface area contributed by atoms with E-state index in [1.807, 2.05) is 42.5 Å². The van der Waals surface area contributed by atoms with Crippen LogP contribution >= 0.6 is 0 Å². The van der Waals surface area contributed by atoms with Gasteiger partial charge in [-0.05, 0) is 61.8 Å². The average molecular weight is 386 g/mol. The summed E-state index contributed by atoms with van der Waals surface area (Å²) in [5.74, 6) is 0.986. The van der Waals surface area contributed by atoms with E-state index < -0.39 is 0 Å². The molecule has 5 nitrogen and oxygen atoms in total. The van der Waals surface area contributed by atoms with E-state index in [1.54, 1.807) is 12.4 Å². The first kappa shape index (κ1) is 18.3. The second-order valence-corrected chi connectivity index (χ2v) is 8.49. The SMILES string of the molecule is NC1CC2CCCC(C1)C2NC(=O)c1cc(-c2ccncc2)nc2ccccc12. The molecule has 29 heavy (non-hydrogen) atoms. The summed E-state index contributed by atoms with van der Waals surface area (Å²) in [5, 5.41) is 4.28. The molecule has 2 bridgehead atoms. The van der Waals surface area contributed by atoms with Crippen LogP contribution in [-0.2, 0) is 0 Å². The lowest BCUT2D eigenvalue weighted by Crippen LogP contribution is -2.53. The smallest absolute Gasteiger partial charge is 0.252 e. The molecule has 2 fully saturated rings. The van der Waals surface area contributed by atoms with Gasteiger partial charge in [-0.3, -0.25) is 9.78 Å². The Morgan fingerprint density at radius 2 is 1.76 bits per heavy atom. The molecule has 3 N–H and O–H groups in total. The van der Waals surface area contributed by atoms with Gasteiger partial charge in [0.25, 0.3) is 5.91 Å². The fourth-order valence-corrected chi connectivity index (χ4v) is 5.29. The fraction of sp³-hybridized carbons (Fsp3) is 0.375. The zero-order valence-electron chi connectivity index (χ0n) is 16.4. The number of aromatic nitrogens is 2. The van der Waals surface area contributed by atoms with Crippen molar-refractivity contribution in [1.29, 1.82) is 0 Å². The minimum Gasteiger partial charge on any atom is -0.349 e. The number of nitrogens with two attached hydrogens (primary N) is 1. The quantitative estimate of drug-likeness (QED) is 0.715. The van der Waals surface area contributed by atoms with Gasteiger partial charge in [0.2, 0.25) is 0 Å². The Kier molecular flexibility index (Phi) is 4.76. The van der Waals surface area contributed by atoms with E-state index in [1.165, 1.54) is 6.42 Å². The van der Waals surface area contributed by atoms with Crippen molar-refractivity contribution in [2.45, 2.75) is 44.2 Å². The molecule has 2 aliphatic rings. The van der Waals surface area contributed by atoms with Crippen LogP contribution in [0.4, 0.5) is 0 Å². The third-order valence-electron chi connectivity index (χ3n) is 6.61. The van der Waals surface area contributed by atoms with E-state index in [4.69, 9.17) is 10.7 Å². The molecule has 0 spiro atoms. The molecule has 1 aromatic carbocycles. The highest BCUT2D eigenvalue weighted by atomic mass is 16.1. The Morgan fingerprint density at radius 1 is 1.03 bits per heavy atom. The van der Waals surface area contributed by atoms with Crippen molar-refractivity contribution in [3.63, 3.8) is 0 Å². The number of benzene rings is 1. The van der Waals surface area contributed by atoms with Crippen molar-refractivity contribution in [3.8, 4) is 11.3 Å². The van der Waals surface area contributed by atoms with Gasteiger partial charge in [-0.15, -0.1) is 0 Å². The summed E-state index contributed by atoms with van der Waals surface area (Å²) in [4.78, 5) is 22.3. The molecule has 5 rings (SSSR count). The van der Waals surface area contributed by atoms with Gasteiger partial charge in [-0.25, -0.2) is 4.98 Å². The van der Waals surface area contributed by atoms with Crippen LogP contribution in [0.15, 0.2) is 54.9 Å². The Hall–Kier alpha value is -2.79. The summed E-state index contributed by atoms with van der Waals surface area (Å²) in [6.07, 6.45) is 9.10. The second kappa shape index (κ2) is 7.56. The minimum absolute atomic E-state index is 0.00345. The van der Waals surface area contributed by atoms with Gasteiger partial charge in [0.05, 0.1) is 16.8 Å². The second-order valence-electron chi connectivity index (χ2n) is 8.49. The standard InChI is InChI=1S/C24H26N4O/c25-18-12-16-4-3-5-17(13-18)23(16)28-24(29)20-14-22(15-8-10-26-11-9-15)27-21-7-2-1-6-19(20)21/h1-2,6-11,14,16-18,23H,3-5,12-13,25H2,(H,28,29). The van der Waals surface area contributed by atoms with Gasteiger partial charge in [0.15, 0.2) is 0 Å². The van der Waals surface area contributed by atoms with Crippen molar-refractivity contribution in [2.24, 2.45) is 17.6 Å². The monoisotopic (exact) mass is 386 g/mol. The number of hydrogen-bond acceptors (Lipinski definition) is 4. The number of fused-ring (bicyclic) bond motifs is 3. The molecule has 2 unspecified atom stereocenters. The van der Waals surface area contributed by atoms with Crippen LogP contribution in [0.25, 0.3) is 22.2 Å². The lowest BCUT2D eigenvalue weighted by Gasteiger charge is -2.45. The van der Waals surface area contributed by atoms with Gasteiger partial charge in [0.1, 0.15) is 0 Å². The summed E-state index contributed by atoms with van der Waals surface area (Å²) in [6.45, 7) is 0. The number of nitrogens with zero attached hydrogens (tertiary/aromatic N) is 2.